The van der Waals surface area contributed by atoms with E-state index in [2.05, 4.69) is 15.9 Å². The van der Waals surface area contributed by atoms with Crippen molar-refractivity contribution in [1.29, 1.82) is 0 Å². The maximum atomic E-state index is 13.6. The van der Waals surface area contributed by atoms with Crippen LogP contribution < -0.4 is 0 Å². The van der Waals surface area contributed by atoms with E-state index in [1.165, 1.54) is 17.4 Å². The van der Waals surface area contributed by atoms with Gasteiger partial charge < -0.3 is 0 Å². The average molecular weight is 320 g/mol. The summed E-state index contributed by atoms with van der Waals surface area (Å²) in [6.07, 6.45) is 0. The van der Waals surface area contributed by atoms with Gasteiger partial charge in [0, 0.05) is 10.4 Å². The van der Waals surface area contributed by atoms with E-state index in [0.717, 1.165) is 14.8 Å². The Labute approximate surface area is 111 Å². The summed E-state index contributed by atoms with van der Waals surface area (Å²) in [7, 11) is 0. The number of benzene rings is 1. The van der Waals surface area contributed by atoms with Gasteiger partial charge in [-0.25, -0.2) is 4.39 Å². The number of halogens is 3. The summed E-state index contributed by atoms with van der Waals surface area (Å²) in [4.78, 5) is 0.887. The second kappa shape index (κ2) is 4.86. The van der Waals surface area contributed by atoms with Crippen molar-refractivity contribution in [3.05, 3.63) is 56.5 Å². The van der Waals surface area contributed by atoms with E-state index in [1.54, 1.807) is 12.1 Å². The van der Waals surface area contributed by atoms with Crippen LogP contribution in [0.25, 0.3) is 0 Å². The normalized spacial score (nSPS) is 12.8. The molecule has 0 aliphatic rings. The number of thiophene rings is 1. The molecule has 0 N–H and O–H groups in total. The molecule has 1 aromatic heterocycles. The molecule has 1 atom stereocenters. The molecule has 0 fully saturated rings. The third-order valence-corrected chi connectivity index (χ3v) is 5.21. The zero-order valence-corrected chi connectivity index (χ0v) is 11.7. The van der Waals surface area contributed by atoms with Crippen molar-refractivity contribution in [2.45, 2.75) is 11.8 Å². The summed E-state index contributed by atoms with van der Waals surface area (Å²) in [5.74, 6) is -0.202. The minimum absolute atomic E-state index is 0.134. The second-order valence-corrected chi connectivity index (χ2v) is 6.09. The molecule has 2 rings (SSSR count). The van der Waals surface area contributed by atoms with E-state index >= 15 is 0 Å². The smallest absolute Gasteiger partial charge is 0.127 e. The molecule has 0 bridgehead atoms. The van der Waals surface area contributed by atoms with Gasteiger partial charge >= 0.3 is 0 Å². The molecule has 0 saturated carbocycles. The number of alkyl halides is 1. The van der Waals surface area contributed by atoms with Crippen LogP contribution in [0, 0.1) is 12.7 Å². The quantitative estimate of drug-likeness (QED) is 0.656. The maximum Gasteiger partial charge on any atom is 0.127 e. The van der Waals surface area contributed by atoms with Gasteiger partial charge in [-0.15, -0.1) is 11.3 Å². The van der Waals surface area contributed by atoms with Crippen LogP contribution in [0.2, 0.25) is 4.34 Å². The molecule has 16 heavy (non-hydrogen) atoms. The first kappa shape index (κ1) is 12.1. The number of hydrogen-bond acceptors (Lipinski definition) is 1. The Morgan fingerprint density at radius 2 is 2.06 bits per heavy atom. The largest absolute Gasteiger partial charge is 0.207 e. The Hall–Kier alpha value is -0.380. The average Bonchev–Trinajstić information content (AvgIpc) is 2.59. The topological polar surface area (TPSA) is 0 Å². The molecular formula is C12H9BrClFS. The van der Waals surface area contributed by atoms with Crippen LogP contribution in [0.5, 0.6) is 0 Å². The molecule has 0 amide bonds. The first-order valence-electron chi connectivity index (χ1n) is 4.74. The molecule has 0 aliphatic carbocycles. The molecule has 1 unspecified atom stereocenters. The van der Waals surface area contributed by atoms with Crippen LogP contribution in [-0.2, 0) is 0 Å². The van der Waals surface area contributed by atoms with Crippen molar-refractivity contribution in [1.82, 2.24) is 0 Å². The van der Waals surface area contributed by atoms with E-state index in [0.29, 0.717) is 5.56 Å². The highest BCUT2D eigenvalue weighted by Crippen LogP contribution is 2.39. The molecule has 0 nitrogen and oxygen atoms in total. The van der Waals surface area contributed by atoms with E-state index in [1.807, 2.05) is 19.1 Å². The summed E-state index contributed by atoms with van der Waals surface area (Å²) in [6.45, 7) is 1.95. The summed E-state index contributed by atoms with van der Waals surface area (Å²) in [5.41, 5.74) is 1.67. The molecule has 1 aromatic carbocycles. The predicted octanol–water partition coefficient (Wildman–Crippen LogP) is 5.33. The fraction of sp³-hybridized carbons (Fsp3) is 0.167. The lowest BCUT2D eigenvalue weighted by molar-refractivity contribution is 0.614. The van der Waals surface area contributed by atoms with Crippen molar-refractivity contribution in [2.24, 2.45) is 0 Å². The molecule has 0 saturated heterocycles. The van der Waals surface area contributed by atoms with Crippen LogP contribution in [0.3, 0.4) is 0 Å². The molecule has 0 radical (unpaired) electrons. The Morgan fingerprint density at radius 1 is 1.38 bits per heavy atom. The van der Waals surface area contributed by atoms with Gasteiger partial charge in [-0.2, -0.15) is 0 Å². The lowest BCUT2D eigenvalue weighted by Crippen LogP contribution is -1.93. The number of hydrogen-bond donors (Lipinski definition) is 0. The predicted molar refractivity (Wildman–Crippen MR) is 71.2 cm³/mol. The summed E-state index contributed by atoms with van der Waals surface area (Å²) in [6, 6.07) is 8.74. The lowest BCUT2D eigenvalue weighted by atomic mass is 10.1. The van der Waals surface area contributed by atoms with Crippen molar-refractivity contribution >= 4 is 38.9 Å². The Kier molecular flexibility index (Phi) is 3.67. The molecule has 0 spiro atoms. The first-order valence-corrected chi connectivity index (χ1v) is 6.85. The van der Waals surface area contributed by atoms with Gasteiger partial charge in [-0.3, -0.25) is 0 Å². The van der Waals surface area contributed by atoms with Gasteiger partial charge in [0.25, 0.3) is 0 Å². The van der Waals surface area contributed by atoms with Crippen molar-refractivity contribution in [3.8, 4) is 0 Å². The van der Waals surface area contributed by atoms with Gasteiger partial charge in [0.1, 0.15) is 5.82 Å². The van der Waals surface area contributed by atoms with Gasteiger partial charge in [0.15, 0.2) is 0 Å². The van der Waals surface area contributed by atoms with Crippen LogP contribution >= 0.6 is 38.9 Å². The summed E-state index contributed by atoms with van der Waals surface area (Å²) in [5, 5.41) is 0. The van der Waals surface area contributed by atoms with Gasteiger partial charge in [0.2, 0.25) is 0 Å². The van der Waals surface area contributed by atoms with Gasteiger partial charge in [0.05, 0.1) is 9.16 Å². The Morgan fingerprint density at radius 3 is 2.62 bits per heavy atom. The molecule has 4 heteroatoms. The highest BCUT2D eigenvalue weighted by Gasteiger charge is 2.17. The minimum Gasteiger partial charge on any atom is -0.207 e. The standard InChI is InChI=1S/C12H9BrClFS/c1-7-6-10(16-12(7)14)11(13)8-4-2-3-5-9(8)15/h2-6,11H,1H3. The van der Waals surface area contributed by atoms with E-state index < -0.39 is 0 Å². The van der Waals surface area contributed by atoms with Gasteiger partial charge in [-0.1, -0.05) is 45.7 Å². The van der Waals surface area contributed by atoms with E-state index in [4.69, 9.17) is 11.6 Å². The Balaban J connectivity index is 2.39. The summed E-state index contributed by atoms with van der Waals surface area (Å²) < 4.78 is 14.3. The monoisotopic (exact) mass is 318 g/mol. The minimum atomic E-state index is -0.202. The van der Waals surface area contributed by atoms with E-state index in [-0.39, 0.29) is 10.6 Å². The zero-order valence-electron chi connectivity index (χ0n) is 8.51. The molecule has 0 aliphatic heterocycles. The summed E-state index contributed by atoms with van der Waals surface area (Å²) >= 11 is 11.0. The van der Waals surface area contributed by atoms with Crippen LogP contribution in [-0.4, -0.2) is 0 Å². The molecular weight excluding hydrogens is 311 g/mol. The van der Waals surface area contributed by atoms with E-state index in [9.17, 15) is 4.39 Å². The third-order valence-electron chi connectivity index (χ3n) is 2.30. The van der Waals surface area contributed by atoms with Crippen LogP contribution in [0.1, 0.15) is 20.8 Å². The number of rotatable bonds is 2. The van der Waals surface area contributed by atoms with Crippen molar-refractivity contribution in [2.75, 3.05) is 0 Å². The molecule has 84 valence electrons. The maximum absolute atomic E-state index is 13.6. The van der Waals surface area contributed by atoms with Crippen LogP contribution in [0.4, 0.5) is 4.39 Å². The highest BCUT2D eigenvalue weighted by atomic mass is 79.9. The molecule has 1 heterocycles. The Bertz CT molecular complexity index is 490. The SMILES string of the molecule is Cc1cc(C(Br)c2ccccc2F)sc1Cl. The third kappa shape index (κ3) is 2.31. The number of aryl methyl sites for hydroxylation is 1. The fourth-order valence-corrected chi connectivity index (χ4v) is 3.44. The fourth-order valence-electron chi connectivity index (χ4n) is 1.44. The van der Waals surface area contributed by atoms with Crippen molar-refractivity contribution < 1.29 is 4.39 Å². The van der Waals surface area contributed by atoms with Crippen molar-refractivity contribution in [3.63, 3.8) is 0 Å². The van der Waals surface area contributed by atoms with Crippen LogP contribution in [0.15, 0.2) is 30.3 Å². The highest BCUT2D eigenvalue weighted by molar-refractivity contribution is 9.09. The first-order chi connectivity index (χ1) is 7.59. The van der Waals surface area contributed by atoms with Gasteiger partial charge in [-0.05, 0) is 24.6 Å². The zero-order chi connectivity index (χ0) is 11.7. The lowest BCUT2D eigenvalue weighted by Gasteiger charge is -2.08. The molecule has 2 aromatic rings. The second-order valence-electron chi connectivity index (χ2n) is 3.49.